The number of rotatable bonds is 9. The van der Waals surface area contributed by atoms with Crippen molar-refractivity contribution in [2.24, 2.45) is 0 Å². The molecular weight excluding hydrogens is 459 g/mol. The molecule has 0 aliphatic rings. The van der Waals surface area contributed by atoms with Crippen LogP contribution in [0.3, 0.4) is 0 Å². The van der Waals surface area contributed by atoms with Gasteiger partial charge in [-0.2, -0.15) is 39.5 Å². The SMILES string of the molecule is COC(=O)C(CCCc1ccccc1)S(=O)(=O)C(F)(F)C(F)(F)C(F)(F)C(F)(F)F. The van der Waals surface area contributed by atoms with E-state index in [2.05, 4.69) is 4.74 Å². The van der Waals surface area contributed by atoms with E-state index in [4.69, 9.17) is 0 Å². The van der Waals surface area contributed by atoms with E-state index in [1.165, 1.54) is 12.1 Å². The van der Waals surface area contributed by atoms with Crippen molar-refractivity contribution >= 4 is 15.8 Å². The lowest BCUT2D eigenvalue weighted by Gasteiger charge is -2.34. The number of aryl methyl sites for hydroxylation is 1. The molecular formula is C16H15F9O4S. The van der Waals surface area contributed by atoms with Gasteiger partial charge in [0.2, 0.25) is 9.84 Å². The van der Waals surface area contributed by atoms with Crippen LogP contribution in [0.1, 0.15) is 18.4 Å². The first kappa shape index (κ1) is 26.0. The fourth-order valence-corrected chi connectivity index (χ4v) is 4.05. The number of carbonyl (C=O) groups is 1. The largest absolute Gasteiger partial charge is 0.468 e. The van der Waals surface area contributed by atoms with Gasteiger partial charge < -0.3 is 4.74 Å². The zero-order chi connectivity index (χ0) is 23.6. The molecule has 0 heterocycles. The Labute approximate surface area is 164 Å². The van der Waals surface area contributed by atoms with Crippen molar-refractivity contribution in [3.63, 3.8) is 0 Å². The summed E-state index contributed by atoms with van der Waals surface area (Å²) in [5, 5.41) is -10.0. The summed E-state index contributed by atoms with van der Waals surface area (Å²) in [6.45, 7) is 0. The summed E-state index contributed by atoms with van der Waals surface area (Å²) in [5.74, 6) is -16.8. The molecule has 4 nitrogen and oxygen atoms in total. The Balaban J connectivity index is 3.29. The molecule has 0 amide bonds. The minimum Gasteiger partial charge on any atom is -0.468 e. The molecule has 14 heteroatoms. The molecule has 0 fully saturated rings. The number of ether oxygens (including phenoxy) is 1. The molecule has 0 saturated heterocycles. The summed E-state index contributed by atoms with van der Waals surface area (Å²) in [5.41, 5.74) is 0.527. The summed E-state index contributed by atoms with van der Waals surface area (Å²) in [6.07, 6.45) is -8.71. The van der Waals surface area contributed by atoms with Gasteiger partial charge in [0.15, 0.2) is 5.25 Å². The zero-order valence-electron chi connectivity index (χ0n) is 15.0. The van der Waals surface area contributed by atoms with Gasteiger partial charge in [0.05, 0.1) is 7.11 Å². The van der Waals surface area contributed by atoms with E-state index in [-0.39, 0.29) is 12.8 Å². The molecule has 0 radical (unpaired) electrons. The summed E-state index contributed by atoms with van der Waals surface area (Å²) in [7, 11) is -6.40. The van der Waals surface area contributed by atoms with Crippen molar-refractivity contribution in [1.82, 2.24) is 0 Å². The predicted molar refractivity (Wildman–Crippen MR) is 85.0 cm³/mol. The highest BCUT2D eigenvalue weighted by Gasteiger charge is 2.85. The Bertz CT molecular complexity index is 836. The van der Waals surface area contributed by atoms with Gasteiger partial charge in [-0.1, -0.05) is 30.3 Å². The van der Waals surface area contributed by atoms with Crippen molar-refractivity contribution < 1.29 is 57.5 Å². The number of esters is 1. The molecule has 30 heavy (non-hydrogen) atoms. The number of sulfone groups is 1. The summed E-state index contributed by atoms with van der Waals surface area (Å²) in [6, 6.07) is 7.76. The van der Waals surface area contributed by atoms with Gasteiger partial charge in [-0.15, -0.1) is 0 Å². The van der Waals surface area contributed by atoms with E-state index in [0.717, 1.165) is 0 Å². The van der Waals surface area contributed by atoms with Crippen molar-refractivity contribution in [1.29, 1.82) is 0 Å². The second-order valence-electron chi connectivity index (χ2n) is 6.10. The lowest BCUT2D eigenvalue weighted by atomic mass is 10.1. The average Bonchev–Trinajstić information content (AvgIpc) is 2.63. The van der Waals surface area contributed by atoms with Crippen LogP contribution in [0, 0.1) is 0 Å². The predicted octanol–water partition coefficient (Wildman–Crippen LogP) is 4.39. The van der Waals surface area contributed by atoms with Crippen LogP contribution in [0.25, 0.3) is 0 Å². The second-order valence-corrected chi connectivity index (χ2v) is 8.27. The molecule has 0 aromatic heterocycles. The Morgan fingerprint density at radius 2 is 1.43 bits per heavy atom. The number of carbonyl (C=O) groups excluding carboxylic acids is 1. The normalized spacial score (nSPS) is 15.0. The average molecular weight is 474 g/mol. The maximum atomic E-state index is 14.0. The van der Waals surface area contributed by atoms with Crippen molar-refractivity contribution in [3.05, 3.63) is 35.9 Å². The molecule has 1 unspecified atom stereocenters. The van der Waals surface area contributed by atoms with E-state index >= 15 is 0 Å². The standard InChI is InChI=1S/C16H15F9O4S/c1-29-12(26)11(9-5-8-10-6-3-2-4-7-10)30(27,28)16(24,25)14(19,20)13(17,18)15(21,22)23/h2-4,6-7,11H,5,8-9H2,1H3. The summed E-state index contributed by atoms with van der Waals surface area (Å²) < 4.78 is 146. The molecule has 0 bridgehead atoms. The smallest absolute Gasteiger partial charge is 0.460 e. The quantitative estimate of drug-likeness (QED) is 0.394. The van der Waals surface area contributed by atoms with E-state index in [0.29, 0.717) is 12.7 Å². The van der Waals surface area contributed by atoms with Crippen molar-refractivity contribution in [2.75, 3.05) is 7.11 Å². The van der Waals surface area contributed by atoms with Crippen LogP contribution in [-0.4, -0.2) is 50.0 Å². The number of methoxy groups -OCH3 is 1. The highest BCUT2D eigenvalue weighted by molar-refractivity contribution is 7.93. The summed E-state index contributed by atoms with van der Waals surface area (Å²) in [4.78, 5) is 11.6. The van der Waals surface area contributed by atoms with Crippen LogP contribution in [-0.2, 0) is 25.8 Å². The molecule has 172 valence electrons. The fourth-order valence-electron chi connectivity index (χ4n) is 2.39. The van der Waals surface area contributed by atoms with Crippen LogP contribution in [0.2, 0.25) is 0 Å². The monoisotopic (exact) mass is 474 g/mol. The highest BCUT2D eigenvalue weighted by Crippen LogP contribution is 2.55. The number of hydrogen-bond donors (Lipinski definition) is 0. The van der Waals surface area contributed by atoms with Crippen molar-refractivity contribution in [3.8, 4) is 0 Å². The van der Waals surface area contributed by atoms with Gasteiger partial charge in [-0.05, 0) is 24.8 Å². The molecule has 1 atom stereocenters. The number of hydrogen-bond acceptors (Lipinski definition) is 4. The molecule has 0 aliphatic heterocycles. The van der Waals surface area contributed by atoms with Gasteiger partial charge in [-0.3, -0.25) is 4.79 Å². The lowest BCUT2D eigenvalue weighted by molar-refractivity contribution is -0.382. The Morgan fingerprint density at radius 3 is 1.87 bits per heavy atom. The molecule has 0 spiro atoms. The molecule has 0 saturated carbocycles. The number of benzene rings is 1. The maximum Gasteiger partial charge on any atom is 0.460 e. The van der Waals surface area contributed by atoms with Gasteiger partial charge in [0, 0.05) is 0 Å². The number of halogens is 9. The van der Waals surface area contributed by atoms with Crippen LogP contribution in [0.5, 0.6) is 0 Å². The number of alkyl halides is 9. The molecule has 1 rings (SSSR count). The van der Waals surface area contributed by atoms with Crippen LogP contribution >= 0.6 is 0 Å². The van der Waals surface area contributed by atoms with E-state index in [1.807, 2.05) is 0 Å². The Kier molecular flexibility index (Phi) is 7.49. The van der Waals surface area contributed by atoms with E-state index < -0.39 is 50.8 Å². The maximum absolute atomic E-state index is 14.0. The highest BCUT2D eigenvalue weighted by atomic mass is 32.2. The van der Waals surface area contributed by atoms with Gasteiger partial charge >= 0.3 is 29.2 Å². The minimum atomic E-state index is -7.40. The van der Waals surface area contributed by atoms with Crippen LogP contribution in [0.15, 0.2) is 30.3 Å². The first-order valence-electron chi connectivity index (χ1n) is 8.00. The van der Waals surface area contributed by atoms with Gasteiger partial charge in [0.1, 0.15) is 0 Å². The molecule has 1 aromatic carbocycles. The van der Waals surface area contributed by atoms with E-state index in [1.54, 1.807) is 18.2 Å². The third-order valence-electron chi connectivity index (χ3n) is 4.09. The Hall–Kier alpha value is -1.99. The minimum absolute atomic E-state index is 0.0372. The van der Waals surface area contributed by atoms with Gasteiger partial charge in [-0.25, -0.2) is 8.42 Å². The first-order chi connectivity index (χ1) is 13.4. The van der Waals surface area contributed by atoms with Crippen LogP contribution in [0.4, 0.5) is 39.5 Å². The zero-order valence-corrected chi connectivity index (χ0v) is 15.8. The topological polar surface area (TPSA) is 60.4 Å². The Morgan fingerprint density at radius 1 is 0.933 bits per heavy atom. The third-order valence-corrected chi connectivity index (χ3v) is 6.23. The molecule has 0 N–H and O–H groups in total. The lowest BCUT2D eigenvalue weighted by Crippen LogP contribution is -2.65. The second kappa shape index (κ2) is 8.63. The molecule has 1 aromatic rings. The van der Waals surface area contributed by atoms with E-state index in [9.17, 15) is 52.7 Å². The van der Waals surface area contributed by atoms with Crippen molar-refractivity contribution in [2.45, 2.75) is 47.8 Å². The molecule has 0 aliphatic carbocycles. The summed E-state index contributed by atoms with van der Waals surface area (Å²) >= 11 is 0. The first-order valence-corrected chi connectivity index (χ1v) is 9.55. The van der Waals surface area contributed by atoms with Gasteiger partial charge in [0.25, 0.3) is 0 Å². The fraction of sp³-hybridized carbons (Fsp3) is 0.562. The third kappa shape index (κ3) is 4.52. The van der Waals surface area contributed by atoms with Crippen LogP contribution < -0.4 is 0 Å².